The van der Waals surface area contributed by atoms with Gasteiger partial charge in [0, 0.05) is 12.7 Å². The molecule has 0 amide bonds. The van der Waals surface area contributed by atoms with Crippen LogP contribution < -0.4 is 11.1 Å². The number of unbranched alkanes of at least 4 members (excludes halogenated alkanes) is 1. The third kappa shape index (κ3) is 5.49. The molecule has 5 nitrogen and oxygen atoms in total. The Bertz CT molecular complexity index is 312. The Hall–Kier alpha value is -1.36. The summed E-state index contributed by atoms with van der Waals surface area (Å²) >= 11 is 0. The van der Waals surface area contributed by atoms with E-state index in [-0.39, 0.29) is 0 Å². The van der Waals surface area contributed by atoms with Crippen molar-refractivity contribution in [1.29, 1.82) is 0 Å². The number of nitrogens with one attached hydrogen (secondary N) is 1. The quantitative estimate of drug-likeness (QED) is 0.672. The predicted molar refractivity (Wildman–Crippen MR) is 72.0 cm³/mol. The van der Waals surface area contributed by atoms with Crippen molar-refractivity contribution in [3.8, 4) is 0 Å². The van der Waals surface area contributed by atoms with Crippen LogP contribution in [0.3, 0.4) is 0 Å². The first-order chi connectivity index (χ1) is 8.26. The monoisotopic (exact) mass is 237 g/mol. The Balaban J connectivity index is 2.12. The largest absolute Gasteiger partial charge is 0.370 e. The second-order valence-electron chi connectivity index (χ2n) is 3.96. The van der Waals surface area contributed by atoms with E-state index in [1.54, 1.807) is 6.20 Å². The zero-order valence-electron chi connectivity index (χ0n) is 10.8. The minimum Gasteiger partial charge on any atom is -0.370 e. The number of hydrogen-bond donors (Lipinski definition) is 2. The Morgan fingerprint density at radius 2 is 2.06 bits per heavy atom. The highest BCUT2D eigenvalue weighted by Gasteiger charge is 1.98. The minimum absolute atomic E-state index is 0.318. The molecule has 1 aromatic heterocycles. The summed E-state index contributed by atoms with van der Waals surface area (Å²) in [7, 11) is 0. The summed E-state index contributed by atoms with van der Waals surface area (Å²) in [6.45, 7) is 8.76. The normalized spacial score (nSPS) is 10.8. The fourth-order valence-corrected chi connectivity index (χ4v) is 1.69. The van der Waals surface area contributed by atoms with E-state index in [2.05, 4.69) is 34.0 Å². The van der Waals surface area contributed by atoms with E-state index < -0.39 is 0 Å². The maximum atomic E-state index is 5.50. The number of anilines is 2. The van der Waals surface area contributed by atoms with Gasteiger partial charge in [0.1, 0.15) is 5.82 Å². The van der Waals surface area contributed by atoms with Gasteiger partial charge in [-0.25, -0.2) is 4.98 Å². The van der Waals surface area contributed by atoms with Gasteiger partial charge in [-0.3, -0.25) is 0 Å². The Morgan fingerprint density at radius 3 is 2.71 bits per heavy atom. The number of nitrogens with zero attached hydrogens (tertiary/aromatic N) is 3. The van der Waals surface area contributed by atoms with Crippen molar-refractivity contribution in [2.45, 2.75) is 26.7 Å². The summed E-state index contributed by atoms with van der Waals surface area (Å²) < 4.78 is 0. The first kappa shape index (κ1) is 13.7. The van der Waals surface area contributed by atoms with Gasteiger partial charge in [-0.2, -0.15) is 4.98 Å². The molecule has 0 aliphatic carbocycles. The van der Waals surface area contributed by atoms with E-state index in [0.717, 1.165) is 31.9 Å². The zero-order valence-corrected chi connectivity index (χ0v) is 10.8. The van der Waals surface area contributed by atoms with Crippen LogP contribution in [0, 0.1) is 0 Å². The maximum Gasteiger partial charge on any atom is 0.221 e. The summed E-state index contributed by atoms with van der Waals surface area (Å²) in [5, 5.41) is 3.25. The highest BCUT2D eigenvalue weighted by Crippen LogP contribution is 2.03. The van der Waals surface area contributed by atoms with E-state index in [4.69, 9.17) is 5.73 Å². The lowest BCUT2D eigenvalue weighted by Crippen LogP contribution is -2.24. The second-order valence-corrected chi connectivity index (χ2v) is 3.96. The van der Waals surface area contributed by atoms with Crippen LogP contribution in [-0.4, -0.2) is 41.0 Å². The van der Waals surface area contributed by atoms with Gasteiger partial charge in [-0.05, 0) is 38.5 Å². The SMILES string of the molecule is CCN(CC)CCCCNc1ccnc(N)n1. The van der Waals surface area contributed by atoms with Gasteiger partial charge >= 0.3 is 0 Å². The summed E-state index contributed by atoms with van der Waals surface area (Å²) in [5.41, 5.74) is 5.50. The fourth-order valence-electron chi connectivity index (χ4n) is 1.69. The maximum absolute atomic E-state index is 5.50. The number of aromatic nitrogens is 2. The molecule has 0 aromatic carbocycles. The minimum atomic E-state index is 0.318. The van der Waals surface area contributed by atoms with Gasteiger partial charge in [0.25, 0.3) is 0 Å². The third-order valence-electron chi connectivity index (χ3n) is 2.78. The van der Waals surface area contributed by atoms with Gasteiger partial charge < -0.3 is 16.0 Å². The topological polar surface area (TPSA) is 67.1 Å². The standard InChI is InChI=1S/C12H23N5/c1-3-17(4-2)10-6-5-8-14-11-7-9-15-12(13)16-11/h7,9H,3-6,8,10H2,1-2H3,(H3,13,14,15,16). The van der Waals surface area contributed by atoms with Crippen LogP contribution >= 0.6 is 0 Å². The van der Waals surface area contributed by atoms with E-state index in [0.29, 0.717) is 5.95 Å². The molecule has 96 valence electrons. The van der Waals surface area contributed by atoms with Crippen molar-refractivity contribution in [1.82, 2.24) is 14.9 Å². The van der Waals surface area contributed by atoms with Gasteiger partial charge in [-0.15, -0.1) is 0 Å². The number of nitrogen functional groups attached to an aromatic ring is 1. The van der Waals surface area contributed by atoms with Crippen molar-refractivity contribution in [3.05, 3.63) is 12.3 Å². The smallest absolute Gasteiger partial charge is 0.221 e. The first-order valence-corrected chi connectivity index (χ1v) is 6.31. The van der Waals surface area contributed by atoms with Crippen LogP contribution in [0.5, 0.6) is 0 Å². The Kier molecular flexibility index (Phi) is 6.32. The predicted octanol–water partition coefficient (Wildman–Crippen LogP) is 1.59. The summed E-state index contributed by atoms with van der Waals surface area (Å²) in [6.07, 6.45) is 4.01. The summed E-state index contributed by atoms with van der Waals surface area (Å²) in [5.74, 6) is 1.12. The lowest BCUT2D eigenvalue weighted by atomic mass is 10.3. The van der Waals surface area contributed by atoms with Crippen LogP contribution in [0.1, 0.15) is 26.7 Å². The van der Waals surface area contributed by atoms with Crippen molar-refractivity contribution in [2.24, 2.45) is 0 Å². The summed E-state index contributed by atoms with van der Waals surface area (Å²) in [6, 6.07) is 1.83. The van der Waals surface area contributed by atoms with Gasteiger partial charge in [0.2, 0.25) is 5.95 Å². The molecule has 0 aliphatic rings. The van der Waals surface area contributed by atoms with Crippen LogP contribution in [0.15, 0.2) is 12.3 Å². The first-order valence-electron chi connectivity index (χ1n) is 6.31. The number of nitrogens with two attached hydrogens (primary N) is 1. The number of rotatable bonds is 8. The molecule has 0 spiro atoms. The lowest BCUT2D eigenvalue weighted by molar-refractivity contribution is 0.298. The molecule has 0 unspecified atom stereocenters. The Labute approximate surface area is 103 Å². The molecule has 0 saturated heterocycles. The van der Waals surface area contributed by atoms with Crippen LogP contribution in [0.2, 0.25) is 0 Å². The van der Waals surface area contributed by atoms with Crippen LogP contribution in [0.4, 0.5) is 11.8 Å². The van der Waals surface area contributed by atoms with Crippen LogP contribution in [-0.2, 0) is 0 Å². The lowest BCUT2D eigenvalue weighted by Gasteiger charge is -2.17. The molecule has 0 fully saturated rings. The average Bonchev–Trinajstić information content (AvgIpc) is 2.34. The van der Waals surface area contributed by atoms with E-state index in [9.17, 15) is 0 Å². The molecule has 17 heavy (non-hydrogen) atoms. The van der Waals surface area contributed by atoms with E-state index in [1.807, 2.05) is 6.07 Å². The molecular weight excluding hydrogens is 214 g/mol. The molecule has 5 heteroatoms. The van der Waals surface area contributed by atoms with Crippen LogP contribution in [0.25, 0.3) is 0 Å². The highest BCUT2D eigenvalue weighted by molar-refractivity contribution is 5.36. The molecule has 1 aromatic rings. The van der Waals surface area contributed by atoms with Crippen molar-refractivity contribution >= 4 is 11.8 Å². The molecular formula is C12H23N5. The molecule has 1 heterocycles. The van der Waals surface area contributed by atoms with Gasteiger partial charge in [0.05, 0.1) is 0 Å². The fraction of sp³-hybridized carbons (Fsp3) is 0.667. The van der Waals surface area contributed by atoms with Crippen molar-refractivity contribution in [3.63, 3.8) is 0 Å². The molecule has 0 aliphatic heterocycles. The van der Waals surface area contributed by atoms with E-state index >= 15 is 0 Å². The second kappa shape index (κ2) is 7.84. The molecule has 1 rings (SSSR count). The zero-order chi connectivity index (χ0) is 12.5. The van der Waals surface area contributed by atoms with Gasteiger partial charge in [0.15, 0.2) is 0 Å². The summed E-state index contributed by atoms with van der Waals surface area (Å²) in [4.78, 5) is 10.4. The third-order valence-corrected chi connectivity index (χ3v) is 2.78. The number of hydrogen-bond acceptors (Lipinski definition) is 5. The van der Waals surface area contributed by atoms with Crippen molar-refractivity contribution < 1.29 is 0 Å². The molecule has 0 bridgehead atoms. The van der Waals surface area contributed by atoms with Crippen molar-refractivity contribution in [2.75, 3.05) is 37.2 Å². The molecule has 0 radical (unpaired) electrons. The molecule has 0 saturated carbocycles. The molecule has 3 N–H and O–H groups in total. The Morgan fingerprint density at radius 1 is 1.29 bits per heavy atom. The average molecular weight is 237 g/mol. The molecule has 0 atom stereocenters. The van der Waals surface area contributed by atoms with Gasteiger partial charge in [-0.1, -0.05) is 13.8 Å². The van der Waals surface area contributed by atoms with E-state index in [1.165, 1.54) is 13.0 Å². The highest BCUT2D eigenvalue weighted by atomic mass is 15.1.